The second kappa shape index (κ2) is 8.33. The predicted molar refractivity (Wildman–Crippen MR) is 93.1 cm³/mol. The Bertz CT molecular complexity index is 976. The molecule has 0 aliphatic rings. The Morgan fingerprint density at radius 3 is 2.33 bits per heavy atom. The van der Waals surface area contributed by atoms with Gasteiger partial charge in [0.1, 0.15) is 0 Å². The number of nitrogens with one attached hydrogen (secondary N) is 1. The van der Waals surface area contributed by atoms with Crippen molar-refractivity contribution in [1.29, 1.82) is 0 Å². The third-order valence-corrected chi connectivity index (χ3v) is 4.87. The fourth-order valence-corrected chi connectivity index (χ4v) is 3.12. The van der Waals surface area contributed by atoms with Crippen molar-refractivity contribution in [1.82, 2.24) is 4.72 Å². The van der Waals surface area contributed by atoms with E-state index in [2.05, 4.69) is 16.6 Å². The maximum Gasteiger partial charge on any atom is 0.417 e. The fourth-order valence-electron chi connectivity index (χ4n) is 2.18. The van der Waals surface area contributed by atoms with Gasteiger partial charge >= 0.3 is 6.18 Å². The van der Waals surface area contributed by atoms with Gasteiger partial charge in [0.25, 0.3) is 0 Å². The summed E-state index contributed by atoms with van der Waals surface area (Å²) in [6, 6.07) is 8.83. The Hall–Kier alpha value is -2.70. The van der Waals surface area contributed by atoms with Crippen LogP contribution in [0.5, 0.6) is 11.5 Å². The summed E-state index contributed by atoms with van der Waals surface area (Å²) in [4.78, 5) is -0.0855. The number of hydrogen-bond donors (Lipinski definition) is 1. The number of sulfonamides is 1. The van der Waals surface area contributed by atoms with Gasteiger partial charge in [-0.2, -0.15) is 17.9 Å². The monoisotopic (exact) mass is 399 g/mol. The molecule has 27 heavy (non-hydrogen) atoms. The number of halogens is 3. The topological polar surface area (TPSA) is 64.6 Å². The first-order valence-electron chi connectivity index (χ1n) is 7.56. The molecular weight excluding hydrogens is 383 g/mol. The summed E-state index contributed by atoms with van der Waals surface area (Å²) >= 11 is 0. The van der Waals surface area contributed by atoms with Crippen molar-refractivity contribution < 1.29 is 31.1 Å². The number of rotatable bonds is 5. The number of ether oxygens (including phenoxy) is 2. The molecule has 0 aliphatic carbocycles. The van der Waals surface area contributed by atoms with Crippen LogP contribution in [0.3, 0.4) is 0 Å². The molecule has 0 bridgehead atoms. The summed E-state index contributed by atoms with van der Waals surface area (Å²) in [5, 5.41) is 0. The molecule has 0 spiro atoms. The molecule has 9 heteroatoms. The summed E-state index contributed by atoms with van der Waals surface area (Å²) in [6.07, 6.45) is -4.54. The smallest absolute Gasteiger partial charge is 0.417 e. The highest BCUT2D eigenvalue weighted by Gasteiger charge is 2.32. The van der Waals surface area contributed by atoms with Crippen LogP contribution in [0.2, 0.25) is 0 Å². The van der Waals surface area contributed by atoms with Crippen molar-refractivity contribution in [3.05, 3.63) is 53.6 Å². The molecule has 0 heterocycles. The Labute approximate surface area is 155 Å². The van der Waals surface area contributed by atoms with Crippen LogP contribution in [0.25, 0.3) is 0 Å². The minimum Gasteiger partial charge on any atom is -0.493 e. The first-order valence-corrected chi connectivity index (χ1v) is 9.04. The molecule has 2 rings (SSSR count). The summed E-state index contributed by atoms with van der Waals surface area (Å²) in [5.74, 6) is 5.33. The molecule has 1 N–H and O–H groups in total. The standard InChI is InChI=1S/C18H16F3NO4S/c1-25-16-10-9-14(12-17(16)26-2)27(23,24)22-11-5-7-13-6-3-4-8-15(13)18(19,20)21/h3-4,6,8-10,12,22H,11H2,1-2H3. The molecule has 0 atom stereocenters. The summed E-state index contributed by atoms with van der Waals surface area (Å²) in [7, 11) is -1.14. The van der Waals surface area contributed by atoms with Crippen molar-refractivity contribution in [2.75, 3.05) is 20.8 Å². The van der Waals surface area contributed by atoms with Crippen LogP contribution < -0.4 is 14.2 Å². The molecule has 2 aromatic rings. The summed E-state index contributed by atoms with van der Waals surface area (Å²) in [6.45, 7) is -0.358. The highest BCUT2D eigenvalue weighted by molar-refractivity contribution is 7.89. The quantitative estimate of drug-likeness (QED) is 0.785. The van der Waals surface area contributed by atoms with Crippen molar-refractivity contribution in [3.8, 4) is 23.3 Å². The fraction of sp³-hybridized carbons (Fsp3) is 0.222. The molecule has 0 fully saturated rings. The second-order valence-electron chi connectivity index (χ2n) is 5.19. The third-order valence-electron chi connectivity index (χ3n) is 3.47. The zero-order valence-electron chi connectivity index (χ0n) is 14.4. The van der Waals surface area contributed by atoms with Crippen LogP contribution in [-0.4, -0.2) is 29.2 Å². The van der Waals surface area contributed by atoms with Gasteiger partial charge in [-0.3, -0.25) is 0 Å². The van der Waals surface area contributed by atoms with Crippen molar-refractivity contribution in [2.24, 2.45) is 0 Å². The number of methoxy groups -OCH3 is 2. The lowest BCUT2D eigenvalue weighted by molar-refractivity contribution is -0.137. The van der Waals surface area contributed by atoms with E-state index in [1.807, 2.05) is 0 Å². The van der Waals surface area contributed by atoms with Crippen LogP contribution in [0.4, 0.5) is 13.2 Å². The zero-order chi connectivity index (χ0) is 20.1. The van der Waals surface area contributed by atoms with Gasteiger partial charge in [-0.25, -0.2) is 8.42 Å². The summed E-state index contributed by atoms with van der Waals surface area (Å²) < 4.78 is 75.6. The highest BCUT2D eigenvalue weighted by Crippen LogP contribution is 2.31. The average molecular weight is 399 g/mol. The van der Waals surface area contributed by atoms with Crippen molar-refractivity contribution in [3.63, 3.8) is 0 Å². The second-order valence-corrected chi connectivity index (χ2v) is 6.95. The third kappa shape index (κ3) is 5.15. The van der Waals surface area contributed by atoms with Crippen LogP contribution in [0.15, 0.2) is 47.4 Å². The van der Waals surface area contributed by atoms with Gasteiger partial charge in [-0.1, -0.05) is 24.0 Å². The summed E-state index contributed by atoms with van der Waals surface area (Å²) in [5.41, 5.74) is -1.10. The van der Waals surface area contributed by atoms with E-state index in [0.717, 1.165) is 6.07 Å². The molecule has 0 unspecified atom stereocenters. The Morgan fingerprint density at radius 1 is 1.04 bits per heavy atom. The minimum absolute atomic E-state index is 0.0855. The molecule has 0 amide bonds. The van der Waals surface area contributed by atoms with E-state index in [1.54, 1.807) is 0 Å². The molecule has 0 saturated carbocycles. The van der Waals surface area contributed by atoms with Crippen LogP contribution >= 0.6 is 0 Å². The lowest BCUT2D eigenvalue weighted by atomic mass is 10.1. The molecule has 0 aliphatic heterocycles. The Morgan fingerprint density at radius 2 is 1.70 bits per heavy atom. The SMILES string of the molecule is COc1ccc(S(=O)(=O)NCC#Cc2ccccc2C(F)(F)F)cc1OC. The predicted octanol–water partition coefficient (Wildman–Crippen LogP) is 3.05. The molecular formula is C18H16F3NO4S. The minimum atomic E-state index is -4.54. The van der Waals surface area contributed by atoms with E-state index in [1.165, 1.54) is 50.6 Å². The normalized spacial score (nSPS) is 11.4. The first kappa shape index (κ1) is 20.6. The van der Waals surface area contributed by atoms with Crippen molar-refractivity contribution in [2.45, 2.75) is 11.1 Å². The van der Waals surface area contributed by atoms with Crippen LogP contribution in [0.1, 0.15) is 11.1 Å². The van der Waals surface area contributed by atoms with Gasteiger partial charge in [0.05, 0.1) is 31.2 Å². The highest BCUT2D eigenvalue weighted by atomic mass is 32.2. The average Bonchev–Trinajstić information content (AvgIpc) is 2.64. The van der Waals surface area contributed by atoms with E-state index in [-0.39, 0.29) is 22.8 Å². The Kier molecular flexibility index (Phi) is 6.36. The van der Waals surface area contributed by atoms with Gasteiger partial charge in [0.15, 0.2) is 11.5 Å². The van der Waals surface area contributed by atoms with E-state index < -0.39 is 21.8 Å². The van der Waals surface area contributed by atoms with Crippen LogP contribution in [-0.2, 0) is 16.2 Å². The first-order chi connectivity index (χ1) is 12.7. The van der Waals surface area contributed by atoms with E-state index in [9.17, 15) is 21.6 Å². The lowest BCUT2D eigenvalue weighted by Gasteiger charge is -2.10. The molecule has 0 aromatic heterocycles. The number of benzene rings is 2. The van der Waals surface area contributed by atoms with Gasteiger partial charge in [-0.05, 0) is 24.3 Å². The largest absolute Gasteiger partial charge is 0.493 e. The molecule has 2 aromatic carbocycles. The van der Waals surface area contributed by atoms with Gasteiger partial charge < -0.3 is 9.47 Å². The Balaban J connectivity index is 2.16. The maximum atomic E-state index is 12.9. The zero-order valence-corrected chi connectivity index (χ0v) is 15.2. The molecule has 144 valence electrons. The molecule has 0 radical (unpaired) electrons. The molecule has 5 nitrogen and oxygen atoms in total. The van der Waals surface area contributed by atoms with E-state index in [0.29, 0.717) is 5.75 Å². The van der Waals surface area contributed by atoms with Crippen LogP contribution in [0, 0.1) is 11.8 Å². The lowest BCUT2D eigenvalue weighted by Crippen LogP contribution is -2.24. The van der Waals surface area contributed by atoms with Gasteiger partial charge in [0, 0.05) is 11.6 Å². The van der Waals surface area contributed by atoms with Gasteiger partial charge in [0.2, 0.25) is 10.0 Å². The maximum absolute atomic E-state index is 12.9. The van der Waals surface area contributed by atoms with Crippen molar-refractivity contribution >= 4 is 10.0 Å². The van der Waals surface area contributed by atoms with E-state index >= 15 is 0 Å². The van der Waals surface area contributed by atoms with E-state index in [4.69, 9.17) is 9.47 Å². The molecule has 0 saturated heterocycles. The van der Waals surface area contributed by atoms with Gasteiger partial charge in [-0.15, -0.1) is 0 Å². The number of alkyl halides is 3. The number of hydrogen-bond acceptors (Lipinski definition) is 4.